The third-order valence-electron chi connectivity index (χ3n) is 5.40. The normalized spacial score (nSPS) is 14.3. The third kappa shape index (κ3) is 5.95. The quantitative estimate of drug-likeness (QED) is 0.142. The predicted octanol–water partition coefficient (Wildman–Crippen LogP) is 5.49. The van der Waals surface area contributed by atoms with Crippen molar-refractivity contribution in [3.8, 4) is 11.4 Å². The van der Waals surface area contributed by atoms with Crippen LogP contribution in [0.1, 0.15) is 5.56 Å². The fourth-order valence-corrected chi connectivity index (χ4v) is 5.51. The molecule has 0 aliphatic carbocycles. The van der Waals surface area contributed by atoms with Crippen LogP contribution in [-0.2, 0) is 4.79 Å². The first-order valence-corrected chi connectivity index (χ1v) is 13.3. The van der Waals surface area contributed by atoms with Gasteiger partial charge in [-0.25, -0.2) is 0 Å². The first-order chi connectivity index (χ1) is 18.9. The van der Waals surface area contributed by atoms with Gasteiger partial charge in [0.15, 0.2) is 0 Å². The Balaban J connectivity index is 1.31. The maximum absolute atomic E-state index is 12.9. The molecule has 1 saturated heterocycles. The number of tetrazole rings is 1. The zero-order chi connectivity index (χ0) is 27.4. The van der Waals surface area contributed by atoms with Gasteiger partial charge in [0.1, 0.15) is 12.4 Å². The van der Waals surface area contributed by atoms with E-state index in [1.54, 1.807) is 36.4 Å². The van der Waals surface area contributed by atoms with Crippen LogP contribution in [-0.4, -0.2) is 54.3 Å². The molecule has 1 aliphatic rings. The zero-order valence-corrected chi connectivity index (χ0v) is 22.2. The lowest BCUT2D eigenvalue weighted by Gasteiger charge is -2.13. The number of hydrogen-bond donors (Lipinski definition) is 0. The summed E-state index contributed by atoms with van der Waals surface area (Å²) in [4.78, 5) is 38.2. The molecule has 0 N–H and O–H groups in total. The van der Waals surface area contributed by atoms with Crippen LogP contribution in [0.3, 0.4) is 0 Å². The Morgan fingerprint density at radius 1 is 1.08 bits per heavy atom. The molecule has 2 heterocycles. The Morgan fingerprint density at radius 3 is 2.62 bits per heavy atom. The van der Waals surface area contributed by atoms with Crippen LogP contribution in [0.25, 0.3) is 11.8 Å². The molecule has 1 aliphatic heterocycles. The average Bonchev–Trinajstić information content (AvgIpc) is 3.50. The minimum atomic E-state index is -0.520. The van der Waals surface area contributed by atoms with Gasteiger partial charge in [-0.2, -0.15) is 4.68 Å². The van der Waals surface area contributed by atoms with Crippen molar-refractivity contribution in [1.29, 1.82) is 0 Å². The lowest BCUT2D eigenvalue weighted by molar-refractivity contribution is -0.387. The number of aromatic nitrogens is 4. The second-order valence-corrected chi connectivity index (χ2v) is 10.3. The second kappa shape index (κ2) is 11.7. The number of nitrogens with zero attached hydrogens (tertiary/aromatic N) is 6. The van der Waals surface area contributed by atoms with Crippen molar-refractivity contribution in [3.05, 3.63) is 98.4 Å². The number of amides is 2. The van der Waals surface area contributed by atoms with Gasteiger partial charge >= 0.3 is 0 Å². The molecular weight excluding hydrogens is 564 g/mol. The van der Waals surface area contributed by atoms with E-state index in [1.165, 1.54) is 16.8 Å². The van der Waals surface area contributed by atoms with Crippen LogP contribution < -0.4 is 4.74 Å². The molecule has 0 bridgehead atoms. The van der Waals surface area contributed by atoms with Gasteiger partial charge in [0, 0.05) is 6.07 Å². The summed E-state index contributed by atoms with van der Waals surface area (Å²) in [6.45, 7) is 0.0913. The second-order valence-electron chi connectivity index (χ2n) is 7.91. The summed E-state index contributed by atoms with van der Waals surface area (Å²) in [6, 6.07) is 20.6. The lowest BCUT2D eigenvalue weighted by Crippen LogP contribution is -2.32. The smallest absolute Gasteiger partial charge is 0.293 e. The summed E-state index contributed by atoms with van der Waals surface area (Å²) in [6.07, 6.45) is 1.45. The molecule has 1 aromatic heterocycles. The van der Waals surface area contributed by atoms with Gasteiger partial charge in [-0.1, -0.05) is 48.0 Å². The first-order valence-electron chi connectivity index (χ1n) is 11.3. The van der Waals surface area contributed by atoms with E-state index in [0.717, 1.165) is 28.4 Å². The highest BCUT2D eigenvalue weighted by atomic mass is 35.5. The fourth-order valence-electron chi connectivity index (χ4n) is 3.58. The van der Waals surface area contributed by atoms with Crippen molar-refractivity contribution in [2.45, 2.75) is 10.1 Å². The number of rotatable bonds is 9. The van der Waals surface area contributed by atoms with Crippen LogP contribution in [0.5, 0.6) is 5.75 Å². The maximum atomic E-state index is 12.9. The van der Waals surface area contributed by atoms with Crippen LogP contribution in [0, 0.1) is 10.1 Å². The van der Waals surface area contributed by atoms with Crippen molar-refractivity contribution in [2.24, 2.45) is 0 Å². The van der Waals surface area contributed by atoms with Crippen molar-refractivity contribution in [3.63, 3.8) is 0 Å². The maximum Gasteiger partial charge on any atom is 0.293 e. The van der Waals surface area contributed by atoms with Crippen LogP contribution in [0.4, 0.5) is 10.5 Å². The Hall–Kier alpha value is -4.20. The number of ether oxygens (including phenoxy) is 1. The third-order valence-corrected chi connectivity index (χ3v) is 7.62. The SMILES string of the molecule is O=C1S/C(=C\c2ccc(Sc3nnnn3-c3ccccc3)c([N+](=O)[O-])c2)C(=O)N1CCOc1ccccc1Cl. The number of para-hydroxylation sites is 2. The molecule has 0 unspecified atom stereocenters. The molecule has 1 fully saturated rings. The topological polar surface area (TPSA) is 133 Å². The van der Waals surface area contributed by atoms with Crippen molar-refractivity contribution < 1.29 is 19.2 Å². The Bertz CT molecular complexity index is 1600. The number of hydrogen-bond acceptors (Lipinski definition) is 10. The largest absolute Gasteiger partial charge is 0.490 e. The predicted molar refractivity (Wildman–Crippen MR) is 146 cm³/mol. The number of thioether (sulfide) groups is 1. The molecule has 0 radical (unpaired) electrons. The number of benzene rings is 3. The van der Waals surface area contributed by atoms with E-state index in [9.17, 15) is 19.7 Å². The van der Waals surface area contributed by atoms with Crippen molar-refractivity contribution in [1.82, 2.24) is 25.1 Å². The van der Waals surface area contributed by atoms with Crippen LogP contribution >= 0.6 is 35.1 Å². The Kier molecular flexibility index (Phi) is 7.91. The summed E-state index contributed by atoms with van der Waals surface area (Å²) < 4.78 is 7.06. The molecule has 3 aromatic carbocycles. The summed E-state index contributed by atoms with van der Waals surface area (Å²) >= 11 is 7.86. The molecule has 0 spiro atoms. The highest BCUT2D eigenvalue weighted by Crippen LogP contribution is 2.37. The van der Waals surface area contributed by atoms with E-state index < -0.39 is 16.1 Å². The molecule has 11 nitrogen and oxygen atoms in total. The minimum absolute atomic E-state index is 0.0269. The highest BCUT2D eigenvalue weighted by Gasteiger charge is 2.35. The molecule has 4 aromatic rings. The van der Waals surface area contributed by atoms with E-state index in [-0.39, 0.29) is 23.7 Å². The summed E-state index contributed by atoms with van der Waals surface area (Å²) in [5, 5.41) is 23.8. The summed E-state index contributed by atoms with van der Waals surface area (Å²) in [7, 11) is 0. The number of nitro benzene ring substituents is 1. The van der Waals surface area contributed by atoms with E-state index in [2.05, 4.69) is 15.5 Å². The van der Waals surface area contributed by atoms with Gasteiger partial charge in [-0.3, -0.25) is 24.6 Å². The van der Waals surface area contributed by atoms with E-state index >= 15 is 0 Å². The highest BCUT2D eigenvalue weighted by molar-refractivity contribution is 8.18. The fraction of sp³-hybridized carbons (Fsp3) is 0.0800. The Morgan fingerprint density at radius 2 is 1.85 bits per heavy atom. The molecular formula is C25H17ClN6O5S2. The molecule has 196 valence electrons. The number of halogens is 1. The molecule has 5 rings (SSSR count). The first kappa shape index (κ1) is 26.4. The molecule has 2 amide bonds. The van der Waals surface area contributed by atoms with E-state index in [1.807, 2.05) is 30.3 Å². The van der Waals surface area contributed by atoms with Crippen LogP contribution in [0.15, 0.2) is 87.8 Å². The van der Waals surface area contributed by atoms with Gasteiger partial charge in [-0.05, 0) is 75.9 Å². The van der Waals surface area contributed by atoms with Crippen molar-refractivity contribution in [2.75, 3.05) is 13.2 Å². The zero-order valence-electron chi connectivity index (χ0n) is 19.8. The van der Waals surface area contributed by atoms with Crippen LogP contribution in [0.2, 0.25) is 5.02 Å². The monoisotopic (exact) mass is 580 g/mol. The van der Waals surface area contributed by atoms with Gasteiger partial charge in [0.05, 0.1) is 32.0 Å². The number of carbonyl (C=O) groups is 2. The summed E-state index contributed by atoms with van der Waals surface area (Å²) in [5.41, 5.74) is 0.910. The standard InChI is InChI=1S/C25H17ClN6O5S2/c26-18-8-4-5-9-20(18)37-13-12-30-23(33)22(39-25(30)34)15-16-10-11-21(19(14-16)32(35)36)38-24-27-28-29-31(24)17-6-2-1-3-7-17/h1-11,14-15H,12-13H2/b22-15-. The molecule has 0 atom stereocenters. The molecule has 14 heteroatoms. The average molecular weight is 581 g/mol. The van der Waals surface area contributed by atoms with Gasteiger partial charge in [0.25, 0.3) is 16.8 Å². The van der Waals surface area contributed by atoms with E-state index in [0.29, 0.717) is 32.1 Å². The van der Waals surface area contributed by atoms with Gasteiger partial charge in [-0.15, -0.1) is 5.10 Å². The van der Waals surface area contributed by atoms with Gasteiger partial charge in [0.2, 0.25) is 5.16 Å². The van der Waals surface area contributed by atoms with Gasteiger partial charge < -0.3 is 4.74 Å². The van der Waals surface area contributed by atoms with Crippen molar-refractivity contribution >= 4 is 58.0 Å². The molecule has 39 heavy (non-hydrogen) atoms. The summed E-state index contributed by atoms with van der Waals surface area (Å²) in [5.74, 6) is -0.0550. The van der Waals surface area contributed by atoms with E-state index in [4.69, 9.17) is 16.3 Å². The Labute approximate surface area is 234 Å². The number of nitro groups is 1. The lowest BCUT2D eigenvalue weighted by atomic mass is 10.2. The molecule has 0 saturated carbocycles. The minimum Gasteiger partial charge on any atom is -0.490 e. The number of carbonyl (C=O) groups excluding carboxylic acids is 2. The number of imide groups is 1.